The number of hydrogen-bond acceptors (Lipinski definition) is 4. The van der Waals surface area contributed by atoms with Crippen LogP contribution >= 0.6 is 0 Å². The van der Waals surface area contributed by atoms with Crippen LogP contribution in [-0.4, -0.2) is 37.0 Å². The maximum Gasteiger partial charge on any atom is 0.166 e. The number of ether oxygens (including phenoxy) is 2. The minimum atomic E-state index is -0.0350. The van der Waals surface area contributed by atoms with E-state index in [1.54, 1.807) is 0 Å². The third kappa shape index (κ3) is 5.06. The van der Waals surface area contributed by atoms with E-state index in [0.29, 0.717) is 37.0 Å². The summed E-state index contributed by atoms with van der Waals surface area (Å²) in [6.45, 7) is 23.2. The van der Waals surface area contributed by atoms with E-state index in [4.69, 9.17) is 12.2 Å². The van der Waals surface area contributed by atoms with Crippen LogP contribution in [0.25, 0.3) is 0 Å². The van der Waals surface area contributed by atoms with Crippen molar-refractivity contribution in [3.8, 4) is 11.5 Å². The van der Waals surface area contributed by atoms with E-state index >= 15 is 0 Å². The van der Waals surface area contributed by atoms with E-state index in [-0.39, 0.29) is 22.5 Å². The molecule has 2 aromatic rings. The summed E-state index contributed by atoms with van der Waals surface area (Å²) >= 11 is 0. The summed E-state index contributed by atoms with van der Waals surface area (Å²) in [5.74, 6) is 1.99. The minimum Gasteiger partial charge on any atom is -0.490 e. The Hall–Kier alpha value is -2.33. The first-order valence-corrected chi connectivity index (χ1v) is 14.0. The lowest BCUT2D eigenvalue weighted by molar-refractivity contribution is -0.0772. The molecule has 0 N–H and O–H groups in total. The van der Waals surface area contributed by atoms with Gasteiger partial charge < -0.3 is 9.47 Å². The van der Waals surface area contributed by atoms with E-state index in [0.717, 1.165) is 66.0 Å². The Bertz CT molecular complexity index is 1240. The summed E-state index contributed by atoms with van der Waals surface area (Å²) in [5, 5.41) is 0. The molecule has 3 atom stereocenters. The van der Waals surface area contributed by atoms with Crippen LogP contribution in [0, 0.1) is 43.4 Å². The van der Waals surface area contributed by atoms with Crippen LogP contribution in [0.1, 0.15) is 88.9 Å². The molecule has 0 bridgehead atoms. The zero-order valence-electron chi connectivity index (χ0n) is 26.4. The Balaban J connectivity index is 1.55. The Kier molecular flexibility index (Phi) is 7.05. The van der Waals surface area contributed by atoms with Gasteiger partial charge in [0.1, 0.15) is 0 Å². The number of nitrogens with zero attached hydrogens (tertiary/aromatic N) is 1. The molecule has 1 aliphatic heterocycles. The number of carbonyl (C=O) groups excluding carboxylic acids is 1. The number of carbonyl (C=O) groups is 1. The number of hydrogen-bond donors (Lipinski definition) is 0. The van der Waals surface area contributed by atoms with Crippen LogP contribution in [0.3, 0.4) is 0 Å². The first-order chi connectivity index (χ1) is 18.3. The number of ketones is 1. The number of Topliss-reactive ketones (excluding diaryl/α,β-unsaturated/α-hetero) is 1. The average molecular weight is 508 g/mol. The van der Waals surface area contributed by atoms with Crippen molar-refractivity contribution < 1.29 is 17.0 Å². The summed E-state index contributed by atoms with van der Waals surface area (Å²) in [4.78, 5) is 16.2. The normalized spacial score (nSPS) is 26.0. The van der Waals surface area contributed by atoms with Crippen molar-refractivity contribution >= 4 is 5.78 Å². The van der Waals surface area contributed by atoms with Gasteiger partial charge in [-0.3, -0.25) is 9.69 Å². The van der Waals surface area contributed by atoms with Crippen LogP contribution in [0.15, 0.2) is 24.2 Å². The highest BCUT2D eigenvalue weighted by Gasteiger charge is 2.52. The Morgan fingerprint density at radius 2 is 1.65 bits per heavy atom. The zero-order valence-corrected chi connectivity index (χ0v) is 24.4. The van der Waals surface area contributed by atoms with Gasteiger partial charge in [0, 0.05) is 31.1 Å². The molecular weight excluding hydrogens is 458 g/mol. The van der Waals surface area contributed by atoms with Crippen LogP contribution in [0.4, 0.5) is 0 Å². The molecule has 0 aromatic heterocycles. The maximum atomic E-state index is 13.7. The topological polar surface area (TPSA) is 38.8 Å². The highest BCUT2D eigenvalue weighted by molar-refractivity contribution is 6.03. The first kappa shape index (κ1) is 25.0. The van der Waals surface area contributed by atoms with E-state index < -0.39 is 0 Å². The van der Waals surface area contributed by atoms with Crippen molar-refractivity contribution in [2.24, 2.45) is 22.7 Å². The van der Waals surface area contributed by atoms with E-state index in [2.05, 4.69) is 39.5 Å². The van der Waals surface area contributed by atoms with E-state index in [1.807, 2.05) is 39.8 Å². The number of likely N-dealkylation sites (tertiary alicyclic amines) is 1. The van der Waals surface area contributed by atoms with Crippen molar-refractivity contribution in [2.45, 2.75) is 81.7 Å². The van der Waals surface area contributed by atoms with Gasteiger partial charge in [-0.05, 0) is 104 Å². The second-order valence-electron chi connectivity index (χ2n) is 12.3. The van der Waals surface area contributed by atoms with Gasteiger partial charge in [-0.2, -0.15) is 0 Å². The van der Waals surface area contributed by atoms with E-state index in [9.17, 15) is 4.79 Å². The molecule has 2 aromatic carbocycles. The molecule has 1 heterocycles. The number of fused-ring (bicyclic) bond motifs is 1. The molecule has 0 saturated carbocycles. The largest absolute Gasteiger partial charge is 0.490 e. The summed E-state index contributed by atoms with van der Waals surface area (Å²) < 4.78 is 28.4. The second-order valence-corrected chi connectivity index (χ2v) is 12.3. The lowest BCUT2D eigenvalue weighted by Crippen LogP contribution is -2.56. The fourth-order valence-electron chi connectivity index (χ4n) is 6.77. The third-order valence-corrected chi connectivity index (χ3v) is 9.61. The van der Waals surface area contributed by atoms with Gasteiger partial charge in [0.25, 0.3) is 0 Å². The second kappa shape index (κ2) is 10.4. The number of rotatable bonds is 8. The van der Waals surface area contributed by atoms with Gasteiger partial charge in [0.05, 0.1) is 16.0 Å². The standard InChI is InChI=1S/C33H47NO3/c1-10-36-29-15-25-14-26(31(35)27(25)16-30(29)37-11-2)17-33(9)23(5)18-34(20-32(33,7)8)19-28-22(4)13-12-21(3)24(28)6/h12-13,15-16,23,26H,10-11,14,17-20H2,1-9H3/i12D,13D. The Labute approximate surface area is 227 Å². The smallest absolute Gasteiger partial charge is 0.166 e. The number of piperidine rings is 1. The number of benzene rings is 2. The molecule has 1 aliphatic carbocycles. The molecule has 3 unspecified atom stereocenters. The van der Waals surface area contributed by atoms with Gasteiger partial charge in [-0.15, -0.1) is 0 Å². The summed E-state index contributed by atoms with van der Waals surface area (Å²) in [6, 6.07) is 4.62. The lowest BCUT2D eigenvalue weighted by Gasteiger charge is -2.56. The predicted molar refractivity (Wildman–Crippen MR) is 152 cm³/mol. The van der Waals surface area contributed by atoms with E-state index in [1.165, 1.54) is 5.56 Å². The summed E-state index contributed by atoms with van der Waals surface area (Å²) in [7, 11) is 0. The third-order valence-electron chi connectivity index (χ3n) is 9.61. The minimum absolute atomic E-state index is 0.0109. The molecule has 1 saturated heterocycles. The van der Waals surface area contributed by atoms with Gasteiger partial charge >= 0.3 is 0 Å². The molecule has 4 rings (SSSR count). The molecule has 0 spiro atoms. The maximum absolute atomic E-state index is 13.7. The molecule has 0 amide bonds. The lowest BCUT2D eigenvalue weighted by atomic mass is 9.54. The van der Waals surface area contributed by atoms with Crippen LogP contribution in [0.5, 0.6) is 11.5 Å². The van der Waals surface area contributed by atoms with Gasteiger partial charge in [0.2, 0.25) is 0 Å². The van der Waals surface area contributed by atoms with Crippen molar-refractivity contribution in [2.75, 3.05) is 26.3 Å². The van der Waals surface area contributed by atoms with Gasteiger partial charge in [-0.1, -0.05) is 39.8 Å². The quantitative estimate of drug-likeness (QED) is 0.375. The molecule has 4 heteroatoms. The molecule has 37 heavy (non-hydrogen) atoms. The summed E-state index contributed by atoms with van der Waals surface area (Å²) in [6.07, 6.45) is 1.62. The van der Waals surface area contributed by atoms with Crippen LogP contribution in [-0.2, 0) is 13.0 Å². The Morgan fingerprint density at radius 1 is 1.03 bits per heavy atom. The van der Waals surface area contributed by atoms with Crippen molar-refractivity contribution in [1.82, 2.24) is 4.90 Å². The Morgan fingerprint density at radius 3 is 2.27 bits per heavy atom. The van der Waals surface area contributed by atoms with Crippen molar-refractivity contribution in [3.63, 3.8) is 0 Å². The molecule has 202 valence electrons. The first-order valence-electron chi connectivity index (χ1n) is 15.0. The van der Waals surface area contributed by atoms with Gasteiger partial charge in [-0.25, -0.2) is 0 Å². The average Bonchev–Trinajstić information content (AvgIpc) is 3.17. The zero-order chi connectivity index (χ0) is 28.9. The highest BCUT2D eigenvalue weighted by Crippen LogP contribution is 2.54. The van der Waals surface area contributed by atoms with Crippen molar-refractivity contribution in [1.29, 1.82) is 0 Å². The molecule has 1 fully saturated rings. The van der Waals surface area contributed by atoms with Crippen molar-refractivity contribution in [3.05, 3.63) is 57.6 Å². The molecule has 0 radical (unpaired) electrons. The monoisotopic (exact) mass is 507 g/mol. The van der Waals surface area contributed by atoms with Crippen LogP contribution in [0.2, 0.25) is 0 Å². The fraction of sp³-hybridized carbons (Fsp3) is 0.606. The molecule has 2 aliphatic rings. The summed E-state index contributed by atoms with van der Waals surface area (Å²) in [5.41, 5.74) is 6.02. The SMILES string of the molecule is [2H]c1c([2H])c(C)c(CN2CC(C)C(C)(CC3Cc4cc(OCC)c(OCC)cc4C3=O)C(C)(C)C2)c(C)c1C. The fourth-order valence-corrected chi connectivity index (χ4v) is 6.77. The molecule has 4 nitrogen and oxygen atoms in total. The highest BCUT2D eigenvalue weighted by atomic mass is 16.5. The molecular formula is C33H47NO3. The van der Waals surface area contributed by atoms with Gasteiger partial charge in [0.15, 0.2) is 17.3 Å². The predicted octanol–water partition coefficient (Wildman–Crippen LogP) is 7.34. The van der Waals surface area contributed by atoms with Crippen LogP contribution < -0.4 is 9.47 Å².